The van der Waals surface area contributed by atoms with Crippen molar-refractivity contribution in [3.63, 3.8) is 0 Å². The zero-order valence-corrected chi connectivity index (χ0v) is 9.82. The van der Waals surface area contributed by atoms with Gasteiger partial charge in [-0.1, -0.05) is 6.92 Å². The van der Waals surface area contributed by atoms with Crippen LogP contribution >= 0.6 is 27.3 Å². The number of carbonyl (C=O) groups is 1. The van der Waals surface area contributed by atoms with Gasteiger partial charge >= 0.3 is 0 Å². The summed E-state index contributed by atoms with van der Waals surface area (Å²) in [7, 11) is 0. The molecule has 4 heteroatoms. The standard InChI is InChI=1S/C9H12BrNOS/c1-2-6(11)3-9(12)7-4-13-5-8(7)10/h4-6H,2-3,11H2,1H3. The fourth-order valence-electron chi connectivity index (χ4n) is 0.973. The maximum Gasteiger partial charge on any atom is 0.166 e. The normalized spacial score (nSPS) is 12.8. The van der Waals surface area contributed by atoms with E-state index in [1.807, 2.05) is 17.7 Å². The van der Waals surface area contributed by atoms with E-state index in [4.69, 9.17) is 5.73 Å². The van der Waals surface area contributed by atoms with Gasteiger partial charge in [0.1, 0.15) is 0 Å². The van der Waals surface area contributed by atoms with Crippen LogP contribution in [0.3, 0.4) is 0 Å². The highest BCUT2D eigenvalue weighted by molar-refractivity contribution is 9.10. The van der Waals surface area contributed by atoms with E-state index < -0.39 is 0 Å². The third-order valence-electron chi connectivity index (χ3n) is 1.89. The molecule has 0 aliphatic heterocycles. The van der Waals surface area contributed by atoms with Gasteiger partial charge in [-0.3, -0.25) is 4.79 Å². The first-order valence-electron chi connectivity index (χ1n) is 4.15. The smallest absolute Gasteiger partial charge is 0.166 e. The summed E-state index contributed by atoms with van der Waals surface area (Å²) in [6.07, 6.45) is 1.28. The summed E-state index contributed by atoms with van der Waals surface area (Å²) in [4.78, 5) is 11.6. The van der Waals surface area contributed by atoms with Gasteiger partial charge in [-0.2, -0.15) is 11.3 Å². The van der Waals surface area contributed by atoms with Gasteiger partial charge < -0.3 is 5.73 Å². The molecule has 0 radical (unpaired) electrons. The zero-order valence-electron chi connectivity index (χ0n) is 7.42. The van der Waals surface area contributed by atoms with Gasteiger partial charge in [0.05, 0.1) is 0 Å². The van der Waals surface area contributed by atoms with E-state index in [9.17, 15) is 4.79 Å². The Morgan fingerprint density at radius 2 is 2.38 bits per heavy atom. The van der Waals surface area contributed by atoms with Gasteiger partial charge in [-0.25, -0.2) is 0 Å². The van der Waals surface area contributed by atoms with Crippen molar-refractivity contribution in [2.24, 2.45) is 5.73 Å². The zero-order chi connectivity index (χ0) is 9.84. The van der Waals surface area contributed by atoms with E-state index in [2.05, 4.69) is 15.9 Å². The van der Waals surface area contributed by atoms with E-state index in [0.29, 0.717) is 6.42 Å². The Labute approximate surface area is 90.3 Å². The molecule has 72 valence electrons. The summed E-state index contributed by atoms with van der Waals surface area (Å²) >= 11 is 4.85. The number of halogens is 1. The number of thiophene rings is 1. The van der Waals surface area contributed by atoms with Gasteiger partial charge in [0, 0.05) is 33.3 Å². The Balaban J connectivity index is 2.64. The van der Waals surface area contributed by atoms with E-state index in [0.717, 1.165) is 16.5 Å². The van der Waals surface area contributed by atoms with Crippen LogP contribution in [0.2, 0.25) is 0 Å². The van der Waals surface area contributed by atoms with Crippen LogP contribution in [0.1, 0.15) is 30.1 Å². The van der Waals surface area contributed by atoms with Crippen molar-refractivity contribution in [3.8, 4) is 0 Å². The summed E-state index contributed by atoms with van der Waals surface area (Å²) in [5.74, 6) is 0.127. The summed E-state index contributed by atoms with van der Waals surface area (Å²) < 4.78 is 0.880. The summed E-state index contributed by atoms with van der Waals surface area (Å²) in [6.45, 7) is 1.99. The largest absolute Gasteiger partial charge is 0.327 e. The Morgan fingerprint density at radius 3 is 2.85 bits per heavy atom. The molecule has 0 saturated heterocycles. The van der Waals surface area contributed by atoms with E-state index in [1.54, 1.807) is 0 Å². The Morgan fingerprint density at radius 1 is 1.69 bits per heavy atom. The molecule has 1 aromatic rings. The first-order chi connectivity index (χ1) is 6.15. The van der Waals surface area contributed by atoms with E-state index >= 15 is 0 Å². The summed E-state index contributed by atoms with van der Waals surface area (Å²) in [5, 5.41) is 3.76. The lowest BCUT2D eigenvalue weighted by Gasteiger charge is -2.06. The first kappa shape index (κ1) is 10.9. The second-order valence-electron chi connectivity index (χ2n) is 2.93. The highest BCUT2D eigenvalue weighted by Crippen LogP contribution is 2.22. The van der Waals surface area contributed by atoms with Crippen molar-refractivity contribution in [2.45, 2.75) is 25.8 Å². The molecule has 1 aromatic heterocycles. The van der Waals surface area contributed by atoms with Crippen LogP contribution in [0.15, 0.2) is 15.2 Å². The summed E-state index contributed by atoms with van der Waals surface area (Å²) in [6, 6.07) is -0.0145. The monoisotopic (exact) mass is 261 g/mol. The topological polar surface area (TPSA) is 43.1 Å². The van der Waals surface area contributed by atoms with Crippen LogP contribution in [0.5, 0.6) is 0 Å². The number of nitrogens with two attached hydrogens (primary N) is 1. The van der Waals surface area contributed by atoms with Crippen LogP contribution in [0, 0.1) is 0 Å². The first-order valence-corrected chi connectivity index (χ1v) is 5.89. The molecule has 0 bridgehead atoms. The molecule has 0 aliphatic rings. The number of hydrogen-bond acceptors (Lipinski definition) is 3. The quantitative estimate of drug-likeness (QED) is 0.848. The van der Waals surface area contributed by atoms with Crippen LogP contribution in [0.25, 0.3) is 0 Å². The average Bonchev–Trinajstić information content (AvgIpc) is 2.51. The fraction of sp³-hybridized carbons (Fsp3) is 0.444. The van der Waals surface area contributed by atoms with Crippen molar-refractivity contribution in [3.05, 3.63) is 20.8 Å². The lowest BCUT2D eigenvalue weighted by molar-refractivity contribution is 0.0973. The lowest BCUT2D eigenvalue weighted by atomic mass is 10.1. The van der Waals surface area contributed by atoms with Crippen molar-refractivity contribution in [2.75, 3.05) is 0 Å². The molecular weight excluding hydrogens is 250 g/mol. The Bertz CT molecular complexity index is 298. The molecular formula is C9H12BrNOS. The fourth-order valence-corrected chi connectivity index (χ4v) is 2.49. The minimum absolute atomic E-state index is 0.0145. The molecule has 0 saturated carbocycles. The predicted octanol–water partition coefficient (Wildman–Crippen LogP) is 2.82. The Hall–Kier alpha value is -0.190. The molecule has 0 aliphatic carbocycles. The Kier molecular flexibility index (Phi) is 4.09. The minimum Gasteiger partial charge on any atom is -0.327 e. The summed E-state index contributed by atoms with van der Waals surface area (Å²) in [5.41, 5.74) is 6.46. The molecule has 0 amide bonds. The molecule has 1 unspecified atom stereocenters. The molecule has 0 aromatic carbocycles. The second kappa shape index (κ2) is 4.88. The van der Waals surface area contributed by atoms with Gasteiger partial charge in [-0.15, -0.1) is 0 Å². The van der Waals surface area contributed by atoms with E-state index in [-0.39, 0.29) is 11.8 Å². The molecule has 1 atom stereocenters. The van der Waals surface area contributed by atoms with Crippen molar-refractivity contribution >= 4 is 33.0 Å². The molecule has 2 N–H and O–H groups in total. The third-order valence-corrected chi connectivity index (χ3v) is 3.59. The molecule has 0 fully saturated rings. The van der Waals surface area contributed by atoms with Crippen LogP contribution in [-0.4, -0.2) is 11.8 Å². The van der Waals surface area contributed by atoms with Crippen LogP contribution in [-0.2, 0) is 0 Å². The number of carbonyl (C=O) groups excluding carboxylic acids is 1. The van der Waals surface area contributed by atoms with Crippen LogP contribution < -0.4 is 5.73 Å². The van der Waals surface area contributed by atoms with Gasteiger partial charge in [0.25, 0.3) is 0 Å². The van der Waals surface area contributed by atoms with Gasteiger partial charge in [0.2, 0.25) is 0 Å². The molecule has 1 heterocycles. The SMILES string of the molecule is CCC(N)CC(=O)c1cscc1Br. The highest BCUT2D eigenvalue weighted by atomic mass is 79.9. The average molecular weight is 262 g/mol. The maximum absolute atomic E-state index is 11.6. The van der Waals surface area contributed by atoms with Crippen molar-refractivity contribution in [1.82, 2.24) is 0 Å². The lowest BCUT2D eigenvalue weighted by Crippen LogP contribution is -2.22. The molecule has 1 rings (SSSR count). The van der Waals surface area contributed by atoms with Crippen LogP contribution in [0.4, 0.5) is 0 Å². The third kappa shape index (κ3) is 2.90. The molecule has 2 nitrogen and oxygen atoms in total. The second-order valence-corrected chi connectivity index (χ2v) is 4.53. The molecule has 0 spiro atoms. The number of ketones is 1. The minimum atomic E-state index is -0.0145. The number of hydrogen-bond donors (Lipinski definition) is 1. The maximum atomic E-state index is 11.6. The van der Waals surface area contributed by atoms with E-state index in [1.165, 1.54) is 11.3 Å². The number of Topliss-reactive ketones (excluding diaryl/α,β-unsaturated/α-hetero) is 1. The predicted molar refractivity (Wildman–Crippen MR) is 59.2 cm³/mol. The van der Waals surface area contributed by atoms with Gasteiger partial charge in [-0.05, 0) is 22.4 Å². The van der Waals surface area contributed by atoms with Crippen molar-refractivity contribution < 1.29 is 4.79 Å². The van der Waals surface area contributed by atoms with Gasteiger partial charge in [0.15, 0.2) is 5.78 Å². The highest BCUT2D eigenvalue weighted by Gasteiger charge is 2.13. The molecule has 13 heavy (non-hydrogen) atoms. The number of rotatable bonds is 4. The van der Waals surface area contributed by atoms with Crippen molar-refractivity contribution in [1.29, 1.82) is 0 Å².